The predicted molar refractivity (Wildman–Crippen MR) is 82.3 cm³/mol. The summed E-state index contributed by atoms with van der Waals surface area (Å²) in [5.74, 6) is -1.05. The number of rotatable bonds is 5. The summed E-state index contributed by atoms with van der Waals surface area (Å²) in [5, 5.41) is 2.07. The van der Waals surface area contributed by atoms with E-state index in [0.717, 1.165) is 5.56 Å². The Bertz CT molecular complexity index is 594. The maximum atomic E-state index is 12.0. The average Bonchev–Trinajstić information content (AvgIpc) is 2.31. The molecule has 0 spiro atoms. The van der Waals surface area contributed by atoms with Gasteiger partial charge in [0.25, 0.3) is 0 Å². The maximum absolute atomic E-state index is 12.0. The summed E-state index contributed by atoms with van der Waals surface area (Å²) < 4.78 is 24.1. The standard InChI is InChI=1S/C14H22N2O3S/c1-9(2)11(4)20(18,19)8-14(17)16-13-6-5-12(15)7-10(13)3/h5-7,9,11H,8,15H2,1-4H3,(H,16,17). The van der Waals surface area contributed by atoms with Crippen LogP contribution in [0.3, 0.4) is 0 Å². The zero-order valence-electron chi connectivity index (χ0n) is 12.3. The molecule has 1 amide bonds. The van der Waals surface area contributed by atoms with Crippen molar-refractivity contribution in [3.8, 4) is 0 Å². The highest BCUT2D eigenvalue weighted by molar-refractivity contribution is 7.92. The molecule has 1 aromatic carbocycles. The molecule has 1 atom stereocenters. The second-order valence-corrected chi connectivity index (χ2v) is 7.74. The van der Waals surface area contributed by atoms with Crippen LogP contribution >= 0.6 is 0 Å². The third-order valence-electron chi connectivity index (χ3n) is 3.36. The third kappa shape index (κ3) is 4.23. The lowest BCUT2D eigenvalue weighted by Crippen LogP contribution is -2.32. The normalized spacial score (nSPS) is 13.2. The Hall–Kier alpha value is -1.56. The maximum Gasteiger partial charge on any atom is 0.239 e. The summed E-state index contributed by atoms with van der Waals surface area (Å²) in [6.07, 6.45) is 0. The number of benzene rings is 1. The van der Waals surface area contributed by atoms with Crippen molar-refractivity contribution in [3.63, 3.8) is 0 Å². The number of sulfone groups is 1. The minimum Gasteiger partial charge on any atom is -0.399 e. The van der Waals surface area contributed by atoms with Crippen LogP contribution in [0.5, 0.6) is 0 Å². The van der Waals surface area contributed by atoms with Crippen LogP contribution < -0.4 is 11.1 Å². The number of carbonyl (C=O) groups excluding carboxylic acids is 1. The monoisotopic (exact) mass is 298 g/mol. The number of nitrogens with one attached hydrogen (secondary N) is 1. The van der Waals surface area contributed by atoms with Crippen molar-refractivity contribution in [1.29, 1.82) is 0 Å². The van der Waals surface area contributed by atoms with Crippen molar-refractivity contribution in [3.05, 3.63) is 23.8 Å². The minimum atomic E-state index is -3.44. The molecule has 112 valence electrons. The van der Waals surface area contributed by atoms with E-state index in [9.17, 15) is 13.2 Å². The lowest BCUT2D eigenvalue weighted by molar-refractivity contribution is -0.113. The van der Waals surface area contributed by atoms with Gasteiger partial charge in [0.2, 0.25) is 5.91 Å². The van der Waals surface area contributed by atoms with Crippen LogP contribution in [0.25, 0.3) is 0 Å². The lowest BCUT2D eigenvalue weighted by Gasteiger charge is -2.16. The van der Waals surface area contributed by atoms with E-state index in [4.69, 9.17) is 5.73 Å². The Kier molecular flexibility index (Phi) is 5.16. The highest BCUT2D eigenvalue weighted by Gasteiger charge is 2.26. The highest BCUT2D eigenvalue weighted by Crippen LogP contribution is 2.18. The lowest BCUT2D eigenvalue weighted by atomic mass is 10.2. The molecule has 0 aliphatic rings. The number of aryl methyl sites for hydroxylation is 1. The number of amides is 1. The number of hydrogen-bond acceptors (Lipinski definition) is 4. The fourth-order valence-corrected chi connectivity index (χ4v) is 3.27. The van der Waals surface area contributed by atoms with E-state index in [-0.39, 0.29) is 5.92 Å². The second kappa shape index (κ2) is 6.26. The molecule has 0 fully saturated rings. The van der Waals surface area contributed by atoms with Gasteiger partial charge in [0.05, 0.1) is 5.25 Å². The topological polar surface area (TPSA) is 89.3 Å². The second-order valence-electron chi connectivity index (χ2n) is 5.38. The van der Waals surface area contributed by atoms with Gasteiger partial charge >= 0.3 is 0 Å². The first-order chi connectivity index (χ1) is 9.13. The molecule has 0 aliphatic carbocycles. The van der Waals surface area contributed by atoms with Gasteiger partial charge in [-0.15, -0.1) is 0 Å². The highest BCUT2D eigenvalue weighted by atomic mass is 32.2. The first-order valence-corrected chi connectivity index (χ1v) is 8.22. The Morgan fingerprint density at radius 3 is 2.40 bits per heavy atom. The van der Waals surface area contributed by atoms with E-state index in [1.54, 1.807) is 32.0 Å². The number of carbonyl (C=O) groups is 1. The van der Waals surface area contributed by atoms with Crippen molar-refractivity contribution in [2.45, 2.75) is 32.9 Å². The zero-order chi connectivity index (χ0) is 15.5. The third-order valence-corrected chi connectivity index (χ3v) is 5.70. The number of nitrogens with two attached hydrogens (primary N) is 1. The summed E-state index contributed by atoms with van der Waals surface area (Å²) >= 11 is 0. The molecule has 0 saturated heterocycles. The van der Waals surface area contributed by atoms with Crippen molar-refractivity contribution in [2.24, 2.45) is 5.92 Å². The van der Waals surface area contributed by atoms with Gasteiger partial charge in [-0.1, -0.05) is 13.8 Å². The van der Waals surface area contributed by atoms with Gasteiger partial charge in [-0.25, -0.2) is 8.42 Å². The Labute approximate surface area is 120 Å². The molecular formula is C14H22N2O3S. The van der Waals surface area contributed by atoms with Gasteiger partial charge in [0.1, 0.15) is 5.75 Å². The van der Waals surface area contributed by atoms with Crippen molar-refractivity contribution in [1.82, 2.24) is 0 Å². The smallest absolute Gasteiger partial charge is 0.239 e. The molecule has 6 heteroatoms. The van der Waals surface area contributed by atoms with Gasteiger partial charge in [0, 0.05) is 11.4 Å². The van der Waals surface area contributed by atoms with Crippen molar-refractivity contribution >= 4 is 27.1 Å². The van der Waals surface area contributed by atoms with Crippen molar-refractivity contribution < 1.29 is 13.2 Å². The Balaban J connectivity index is 2.78. The van der Waals surface area contributed by atoms with Gasteiger partial charge < -0.3 is 11.1 Å². The number of anilines is 2. The fourth-order valence-electron chi connectivity index (χ4n) is 1.74. The van der Waals surface area contributed by atoms with E-state index in [2.05, 4.69) is 5.32 Å². The van der Waals surface area contributed by atoms with Crippen LogP contribution in [-0.2, 0) is 14.6 Å². The molecule has 0 saturated carbocycles. The summed E-state index contributed by atoms with van der Waals surface area (Å²) in [4.78, 5) is 11.9. The van der Waals surface area contributed by atoms with E-state index in [0.29, 0.717) is 11.4 Å². The van der Waals surface area contributed by atoms with Crippen LogP contribution in [0, 0.1) is 12.8 Å². The first kappa shape index (κ1) is 16.5. The van der Waals surface area contributed by atoms with Crippen LogP contribution in [0.2, 0.25) is 0 Å². The van der Waals surface area contributed by atoms with E-state index in [1.807, 2.05) is 13.8 Å². The summed E-state index contributed by atoms with van der Waals surface area (Å²) in [7, 11) is -3.44. The van der Waals surface area contributed by atoms with E-state index < -0.39 is 26.7 Å². The predicted octanol–water partition coefficient (Wildman–Crippen LogP) is 1.98. The van der Waals surface area contributed by atoms with Crippen LogP contribution in [0.1, 0.15) is 26.3 Å². The number of nitrogen functional groups attached to an aromatic ring is 1. The molecule has 0 radical (unpaired) electrons. The van der Waals surface area contributed by atoms with Gasteiger partial charge in [-0.3, -0.25) is 4.79 Å². The molecule has 0 bridgehead atoms. The zero-order valence-corrected chi connectivity index (χ0v) is 13.1. The molecule has 1 aromatic rings. The van der Waals surface area contributed by atoms with E-state index >= 15 is 0 Å². The molecule has 3 N–H and O–H groups in total. The Morgan fingerprint density at radius 2 is 1.90 bits per heavy atom. The van der Waals surface area contributed by atoms with Crippen LogP contribution in [-0.4, -0.2) is 25.3 Å². The molecule has 20 heavy (non-hydrogen) atoms. The Morgan fingerprint density at radius 1 is 1.30 bits per heavy atom. The fraction of sp³-hybridized carbons (Fsp3) is 0.500. The number of hydrogen-bond donors (Lipinski definition) is 2. The molecule has 1 unspecified atom stereocenters. The summed E-state index contributed by atoms with van der Waals surface area (Å²) in [6, 6.07) is 5.05. The summed E-state index contributed by atoms with van der Waals surface area (Å²) in [6.45, 7) is 7.08. The average molecular weight is 298 g/mol. The molecule has 0 aromatic heterocycles. The molecule has 0 aliphatic heterocycles. The van der Waals surface area contributed by atoms with Crippen LogP contribution in [0.4, 0.5) is 11.4 Å². The van der Waals surface area contributed by atoms with Crippen LogP contribution in [0.15, 0.2) is 18.2 Å². The largest absolute Gasteiger partial charge is 0.399 e. The minimum absolute atomic E-state index is 0.0222. The molecule has 5 nitrogen and oxygen atoms in total. The van der Waals surface area contributed by atoms with Gasteiger partial charge in [-0.05, 0) is 43.5 Å². The van der Waals surface area contributed by atoms with Gasteiger partial charge in [-0.2, -0.15) is 0 Å². The quantitative estimate of drug-likeness (QED) is 0.813. The molecule has 0 heterocycles. The first-order valence-electron chi connectivity index (χ1n) is 6.51. The molecule has 1 rings (SSSR count). The summed E-state index contributed by atoms with van der Waals surface area (Å²) in [5.41, 5.74) is 7.60. The SMILES string of the molecule is Cc1cc(N)ccc1NC(=O)CS(=O)(=O)C(C)C(C)C. The van der Waals surface area contributed by atoms with Gasteiger partial charge in [0.15, 0.2) is 9.84 Å². The molecular weight excluding hydrogens is 276 g/mol. The van der Waals surface area contributed by atoms with E-state index in [1.165, 1.54) is 0 Å². The van der Waals surface area contributed by atoms with Crippen molar-refractivity contribution in [2.75, 3.05) is 16.8 Å².